The van der Waals surface area contributed by atoms with E-state index in [0.29, 0.717) is 25.9 Å². The maximum atomic E-state index is 12.6. The fraction of sp³-hybridized carbons (Fsp3) is 0.864. The van der Waals surface area contributed by atoms with Crippen molar-refractivity contribution < 1.29 is 9.59 Å². The summed E-state index contributed by atoms with van der Waals surface area (Å²) in [6.07, 6.45) is 44.0. The molecule has 0 aliphatic carbocycles. The predicted octanol–water partition coefficient (Wildman–Crippen LogP) is 10.2. The van der Waals surface area contributed by atoms with Gasteiger partial charge in [0.05, 0.1) is 12.3 Å². The van der Waals surface area contributed by atoms with Gasteiger partial charge in [0.15, 0.2) is 0 Å². The highest BCUT2D eigenvalue weighted by molar-refractivity contribution is 5.76. The molecule has 2 aliphatic rings. The number of amides is 2. The predicted molar refractivity (Wildman–Crippen MR) is 219 cm³/mol. The minimum absolute atomic E-state index is 0.121. The standard InChI is InChI=1S/C44H83N5O2/c1-3-5-7-9-11-13-15-17-19-21-23-25-27-29-31-33-43(50)45-39-41(48-35-36-48)47-42(49-37-38-49)40-46-44(51)34-32-30-28-26-24-22-20-18-16-14-12-10-8-6-4-2/h17-20,41-42,47H,3-16,21-40H2,1-2H3,(H,45,50)(H,46,51)/b19-17+,20-18+. The Morgan fingerprint density at radius 2 is 0.745 bits per heavy atom. The van der Waals surface area contributed by atoms with E-state index >= 15 is 0 Å². The van der Waals surface area contributed by atoms with Crippen LogP contribution in [0, 0.1) is 0 Å². The Balaban J connectivity index is 1.44. The molecule has 0 aromatic rings. The third kappa shape index (κ3) is 28.5. The van der Waals surface area contributed by atoms with Gasteiger partial charge in [-0.3, -0.25) is 24.7 Å². The lowest BCUT2D eigenvalue weighted by molar-refractivity contribution is -0.122. The van der Waals surface area contributed by atoms with Crippen molar-refractivity contribution in [1.82, 2.24) is 25.8 Å². The lowest BCUT2D eigenvalue weighted by Gasteiger charge is -2.28. The number of nitrogens with one attached hydrogen (secondary N) is 3. The zero-order chi connectivity index (χ0) is 36.5. The highest BCUT2D eigenvalue weighted by atomic mass is 16.2. The molecule has 0 bridgehead atoms. The van der Waals surface area contributed by atoms with Gasteiger partial charge in [-0.1, -0.05) is 141 Å². The molecule has 0 aromatic heterocycles. The molecule has 2 heterocycles. The molecule has 51 heavy (non-hydrogen) atoms. The molecule has 0 saturated carbocycles. The molecule has 2 atom stereocenters. The second kappa shape index (κ2) is 32.9. The van der Waals surface area contributed by atoms with Gasteiger partial charge in [-0.2, -0.15) is 0 Å². The maximum Gasteiger partial charge on any atom is 0.220 e. The van der Waals surface area contributed by atoms with Crippen molar-refractivity contribution in [2.45, 2.75) is 206 Å². The van der Waals surface area contributed by atoms with Crippen LogP contribution in [0.3, 0.4) is 0 Å². The Morgan fingerprint density at radius 3 is 1.06 bits per heavy atom. The van der Waals surface area contributed by atoms with Crippen molar-refractivity contribution in [3.8, 4) is 0 Å². The number of carbonyl (C=O) groups excluding carboxylic acids is 2. The maximum absolute atomic E-state index is 12.6. The monoisotopic (exact) mass is 714 g/mol. The SMILES string of the molecule is CCCCCCCC/C=C/CCCCCCCC(=O)NCC(NC(CNC(=O)CCCCCCC/C=C/CCCCCCCC)N1CC1)N1CC1. The highest BCUT2D eigenvalue weighted by Gasteiger charge is 2.34. The fourth-order valence-electron chi connectivity index (χ4n) is 6.86. The first-order chi connectivity index (χ1) is 25.1. The van der Waals surface area contributed by atoms with E-state index in [9.17, 15) is 9.59 Å². The van der Waals surface area contributed by atoms with Gasteiger partial charge in [0.2, 0.25) is 11.8 Å². The third-order valence-electron chi connectivity index (χ3n) is 10.5. The summed E-state index contributed by atoms with van der Waals surface area (Å²) < 4.78 is 0. The molecule has 296 valence electrons. The molecule has 2 unspecified atom stereocenters. The van der Waals surface area contributed by atoms with Gasteiger partial charge in [-0.25, -0.2) is 0 Å². The van der Waals surface area contributed by atoms with E-state index in [1.807, 2.05) is 0 Å². The van der Waals surface area contributed by atoms with Crippen molar-refractivity contribution in [3.05, 3.63) is 24.3 Å². The molecular weight excluding hydrogens is 631 g/mol. The Bertz CT molecular complexity index is 815. The van der Waals surface area contributed by atoms with Crippen LogP contribution in [0.1, 0.15) is 194 Å². The zero-order valence-corrected chi connectivity index (χ0v) is 33.7. The van der Waals surface area contributed by atoms with Crippen LogP contribution in [0.15, 0.2) is 24.3 Å². The van der Waals surface area contributed by atoms with E-state index in [4.69, 9.17) is 0 Å². The summed E-state index contributed by atoms with van der Waals surface area (Å²) >= 11 is 0. The molecule has 2 rings (SSSR count). The number of allylic oxidation sites excluding steroid dienone is 4. The summed E-state index contributed by atoms with van der Waals surface area (Å²) in [7, 11) is 0. The number of nitrogens with zero attached hydrogens (tertiary/aromatic N) is 2. The molecule has 0 radical (unpaired) electrons. The summed E-state index contributed by atoms with van der Waals surface area (Å²) in [6, 6.07) is 0. The van der Waals surface area contributed by atoms with Crippen molar-refractivity contribution in [3.63, 3.8) is 0 Å². The van der Waals surface area contributed by atoms with E-state index in [1.165, 1.54) is 141 Å². The largest absolute Gasteiger partial charge is 0.353 e. The first kappa shape index (κ1) is 45.5. The van der Waals surface area contributed by atoms with Gasteiger partial charge in [0.25, 0.3) is 0 Å². The van der Waals surface area contributed by atoms with Crippen molar-refractivity contribution in [2.75, 3.05) is 39.3 Å². The minimum atomic E-state index is 0.121. The molecule has 0 aromatic carbocycles. The first-order valence-electron chi connectivity index (χ1n) is 22.2. The smallest absolute Gasteiger partial charge is 0.220 e. The Hall–Kier alpha value is -1.70. The van der Waals surface area contributed by atoms with Gasteiger partial charge < -0.3 is 10.6 Å². The summed E-state index contributed by atoms with van der Waals surface area (Å²) in [5.74, 6) is 0.329. The van der Waals surface area contributed by atoms with Crippen molar-refractivity contribution >= 4 is 11.8 Å². The van der Waals surface area contributed by atoms with E-state index in [2.05, 4.69) is 63.9 Å². The Morgan fingerprint density at radius 1 is 0.451 bits per heavy atom. The van der Waals surface area contributed by atoms with Gasteiger partial charge in [-0.15, -0.1) is 0 Å². The molecule has 2 fully saturated rings. The number of carbonyl (C=O) groups is 2. The summed E-state index contributed by atoms with van der Waals surface area (Å²) in [6.45, 7) is 10.1. The summed E-state index contributed by atoms with van der Waals surface area (Å²) in [4.78, 5) is 30.0. The average Bonchev–Trinajstić information content (AvgIpc) is 4.06. The van der Waals surface area contributed by atoms with Crippen LogP contribution >= 0.6 is 0 Å². The van der Waals surface area contributed by atoms with Gasteiger partial charge >= 0.3 is 0 Å². The summed E-state index contributed by atoms with van der Waals surface area (Å²) in [5, 5.41) is 10.1. The second-order valence-corrected chi connectivity index (χ2v) is 15.5. The molecular formula is C44H83N5O2. The lowest BCUT2D eigenvalue weighted by Crippen LogP contribution is -2.55. The highest BCUT2D eigenvalue weighted by Crippen LogP contribution is 2.15. The van der Waals surface area contributed by atoms with Crippen LogP contribution in [0.25, 0.3) is 0 Å². The molecule has 2 amide bonds. The van der Waals surface area contributed by atoms with Crippen LogP contribution in [0.4, 0.5) is 0 Å². The van der Waals surface area contributed by atoms with Crippen LogP contribution in [-0.2, 0) is 9.59 Å². The normalized spacial score (nSPS) is 15.9. The van der Waals surface area contributed by atoms with E-state index in [-0.39, 0.29) is 24.1 Å². The first-order valence-corrected chi connectivity index (χ1v) is 22.2. The number of hydrogen-bond acceptors (Lipinski definition) is 5. The van der Waals surface area contributed by atoms with Gasteiger partial charge in [0.1, 0.15) is 0 Å². The second-order valence-electron chi connectivity index (χ2n) is 15.5. The molecule has 2 aliphatic heterocycles. The van der Waals surface area contributed by atoms with E-state index in [1.54, 1.807) is 0 Å². The Kier molecular flexibility index (Phi) is 29.3. The molecule has 0 spiro atoms. The van der Waals surface area contributed by atoms with E-state index < -0.39 is 0 Å². The number of unbranched alkanes of at least 4 members (excludes halogenated alkanes) is 22. The molecule has 2 saturated heterocycles. The van der Waals surface area contributed by atoms with E-state index in [0.717, 1.165) is 51.9 Å². The van der Waals surface area contributed by atoms with Gasteiger partial charge in [-0.05, 0) is 64.2 Å². The molecule has 7 nitrogen and oxygen atoms in total. The topological polar surface area (TPSA) is 76.3 Å². The minimum Gasteiger partial charge on any atom is -0.353 e. The van der Waals surface area contributed by atoms with Crippen LogP contribution in [0.2, 0.25) is 0 Å². The Labute approximate surface area is 316 Å². The zero-order valence-electron chi connectivity index (χ0n) is 33.7. The average molecular weight is 714 g/mol. The molecule has 3 N–H and O–H groups in total. The molecule has 7 heteroatoms. The fourth-order valence-corrected chi connectivity index (χ4v) is 6.86. The quantitative estimate of drug-likeness (QED) is 0.0337. The van der Waals surface area contributed by atoms with Crippen LogP contribution in [0.5, 0.6) is 0 Å². The lowest BCUT2D eigenvalue weighted by atomic mass is 10.1. The van der Waals surface area contributed by atoms with Gasteiger partial charge in [0, 0.05) is 52.1 Å². The van der Waals surface area contributed by atoms with Crippen molar-refractivity contribution in [2.24, 2.45) is 0 Å². The van der Waals surface area contributed by atoms with Crippen LogP contribution in [-0.4, -0.2) is 73.2 Å². The third-order valence-corrected chi connectivity index (χ3v) is 10.5. The number of rotatable bonds is 38. The van der Waals surface area contributed by atoms with Crippen molar-refractivity contribution in [1.29, 1.82) is 0 Å². The summed E-state index contributed by atoms with van der Waals surface area (Å²) in [5.41, 5.74) is 0. The van der Waals surface area contributed by atoms with Crippen LogP contribution < -0.4 is 16.0 Å². The number of hydrogen-bond donors (Lipinski definition) is 3.